The van der Waals surface area contributed by atoms with Crippen molar-refractivity contribution in [2.24, 2.45) is 0 Å². The van der Waals surface area contributed by atoms with E-state index in [1.54, 1.807) is 0 Å². The molecule has 50 valence electrons. The van der Waals surface area contributed by atoms with E-state index < -0.39 is 0 Å². The number of rotatable bonds is 0. The van der Waals surface area contributed by atoms with Crippen LogP contribution in [0.2, 0.25) is 0 Å². The first-order valence-electron chi connectivity index (χ1n) is 3.03. The second-order valence-corrected chi connectivity index (χ2v) is 3.06. The molecular formula is C8H5BrKN. The summed E-state index contributed by atoms with van der Waals surface area (Å²) in [7, 11) is 0. The van der Waals surface area contributed by atoms with Gasteiger partial charge < -0.3 is 4.98 Å². The van der Waals surface area contributed by atoms with Crippen LogP contribution < -0.4 is 56.4 Å². The molecule has 2 aromatic rings. The molecule has 1 heterocycles. The van der Waals surface area contributed by atoms with Gasteiger partial charge in [-0.1, -0.05) is 34.1 Å². The van der Waals surface area contributed by atoms with Crippen LogP contribution in [0.4, 0.5) is 0 Å². The van der Waals surface area contributed by atoms with Crippen molar-refractivity contribution in [1.82, 2.24) is 4.98 Å². The van der Waals surface area contributed by atoms with E-state index in [0.717, 1.165) is 9.99 Å². The molecule has 0 unspecified atom stereocenters. The van der Waals surface area contributed by atoms with E-state index in [0.29, 0.717) is 0 Å². The number of hydrogen-bond donors (Lipinski definition) is 0. The summed E-state index contributed by atoms with van der Waals surface area (Å²) in [5.74, 6) is 0. The molecule has 11 heavy (non-hydrogen) atoms. The van der Waals surface area contributed by atoms with Gasteiger partial charge in [0.05, 0.1) is 0 Å². The van der Waals surface area contributed by atoms with Crippen LogP contribution in [0.15, 0.2) is 34.9 Å². The van der Waals surface area contributed by atoms with Crippen LogP contribution in [-0.2, 0) is 0 Å². The van der Waals surface area contributed by atoms with Gasteiger partial charge in [0.1, 0.15) is 0 Å². The fourth-order valence-corrected chi connectivity index (χ4v) is 1.32. The topological polar surface area (TPSA) is 14.1 Å². The van der Waals surface area contributed by atoms with Crippen molar-refractivity contribution in [3.8, 4) is 0 Å². The predicted octanol–water partition coefficient (Wildman–Crippen LogP) is -0.437. The fraction of sp³-hybridized carbons (Fsp3) is 0. The maximum Gasteiger partial charge on any atom is 1.00 e. The smallest absolute Gasteiger partial charge is 0.664 e. The molecule has 0 radical (unpaired) electrons. The number of benzene rings is 1. The fourth-order valence-electron chi connectivity index (χ4n) is 0.967. The van der Waals surface area contributed by atoms with Crippen molar-refractivity contribution in [1.29, 1.82) is 0 Å². The van der Waals surface area contributed by atoms with Gasteiger partial charge in [-0.05, 0) is 11.5 Å². The van der Waals surface area contributed by atoms with Crippen molar-refractivity contribution in [2.45, 2.75) is 0 Å². The second-order valence-electron chi connectivity index (χ2n) is 2.15. The van der Waals surface area contributed by atoms with Crippen LogP contribution in [0.3, 0.4) is 0 Å². The van der Waals surface area contributed by atoms with Gasteiger partial charge in [0.25, 0.3) is 0 Å². The Morgan fingerprint density at radius 2 is 2.00 bits per heavy atom. The van der Waals surface area contributed by atoms with Crippen LogP contribution in [0.1, 0.15) is 0 Å². The van der Waals surface area contributed by atoms with E-state index in [1.807, 2.05) is 30.5 Å². The minimum Gasteiger partial charge on any atom is -0.664 e. The molecule has 2 rings (SSSR count). The molecule has 0 amide bonds. The van der Waals surface area contributed by atoms with E-state index in [1.165, 1.54) is 5.39 Å². The molecule has 0 saturated carbocycles. The third kappa shape index (κ3) is 2.17. The third-order valence-corrected chi connectivity index (χ3v) is 1.95. The zero-order valence-corrected chi connectivity index (χ0v) is 10.9. The molecule has 3 heteroatoms. The maximum absolute atomic E-state index is 4.15. The normalized spacial score (nSPS) is 9.55. The number of nitrogens with zero attached hydrogens (tertiary/aromatic N) is 1. The van der Waals surface area contributed by atoms with Gasteiger partial charge in [-0.15, -0.1) is 5.52 Å². The number of hydrogen-bond acceptors (Lipinski definition) is 0. The maximum atomic E-state index is 4.15. The molecule has 1 aromatic carbocycles. The summed E-state index contributed by atoms with van der Waals surface area (Å²) in [6.07, 6.45) is 1.82. The Bertz CT molecular complexity index is 356. The van der Waals surface area contributed by atoms with Gasteiger partial charge in [0.2, 0.25) is 0 Å². The zero-order valence-electron chi connectivity index (χ0n) is 6.21. The van der Waals surface area contributed by atoms with Crippen LogP contribution >= 0.6 is 15.9 Å². The molecule has 0 fully saturated rings. The summed E-state index contributed by atoms with van der Waals surface area (Å²) in [5.41, 5.74) is 1.05. The van der Waals surface area contributed by atoms with Gasteiger partial charge in [0.15, 0.2) is 0 Å². The molecular weight excluding hydrogens is 229 g/mol. The Morgan fingerprint density at radius 3 is 2.82 bits per heavy atom. The SMILES string of the molecule is Brc1ccc2cc[n-]c2c1.[K+]. The third-order valence-electron chi connectivity index (χ3n) is 1.46. The van der Waals surface area contributed by atoms with E-state index in [9.17, 15) is 0 Å². The van der Waals surface area contributed by atoms with E-state index in [-0.39, 0.29) is 51.4 Å². The summed E-state index contributed by atoms with van der Waals surface area (Å²) >= 11 is 3.38. The van der Waals surface area contributed by atoms with E-state index >= 15 is 0 Å². The van der Waals surface area contributed by atoms with Crippen LogP contribution in [0, 0.1) is 0 Å². The quantitative estimate of drug-likeness (QED) is 0.564. The van der Waals surface area contributed by atoms with E-state index in [4.69, 9.17) is 0 Å². The van der Waals surface area contributed by atoms with Crippen LogP contribution in [-0.4, -0.2) is 0 Å². The first-order chi connectivity index (χ1) is 4.86. The number of halogens is 1. The minimum absolute atomic E-state index is 0. The Labute approximate surface area is 116 Å². The van der Waals surface area contributed by atoms with Gasteiger partial charge in [-0.25, -0.2) is 0 Å². The Kier molecular flexibility index (Phi) is 3.81. The van der Waals surface area contributed by atoms with Crippen molar-refractivity contribution >= 4 is 26.8 Å². The Hall–Kier alpha value is 0.876. The molecule has 0 N–H and O–H groups in total. The first kappa shape index (κ1) is 9.96. The van der Waals surface area contributed by atoms with Crippen molar-refractivity contribution in [2.75, 3.05) is 0 Å². The summed E-state index contributed by atoms with van der Waals surface area (Å²) in [4.78, 5) is 4.15. The molecule has 0 aliphatic heterocycles. The van der Waals surface area contributed by atoms with Gasteiger partial charge >= 0.3 is 51.4 Å². The minimum atomic E-state index is 0. The van der Waals surface area contributed by atoms with E-state index in [2.05, 4.69) is 20.9 Å². The van der Waals surface area contributed by atoms with Crippen molar-refractivity contribution in [3.63, 3.8) is 0 Å². The molecule has 0 bridgehead atoms. The van der Waals surface area contributed by atoms with Crippen molar-refractivity contribution < 1.29 is 51.4 Å². The summed E-state index contributed by atoms with van der Waals surface area (Å²) in [6.45, 7) is 0. The molecule has 1 nitrogen and oxygen atoms in total. The largest absolute Gasteiger partial charge is 1.00 e. The van der Waals surface area contributed by atoms with Gasteiger partial charge in [-0.3, -0.25) is 0 Å². The average Bonchev–Trinajstić information content (AvgIpc) is 2.33. The summed E-state index contributed by atoms with van der Waals surface area (Å²) in [6, 6.07) is 8.08. The standard InChI is InChI=1S/C8H5BrN.K/c9-7-2-1-6-3-4-10-8(6)5-7;/h1-5H;/q-1;+1. The Balaban J connectivity index is 0.000000605. The molecule has 0 aliphatic rings. The number of fused-ring (bicyclic) bond motifs is 1. The molecule has 0 saturated heterocycles. The molecule has 1 aromatic heterocycles. The molecule has 0 aliphatic carbocycles. The molecule has 0 spiro atoms. The summed E-state index contributed by atoms with van der Waals surface area (Å²) < 4.78 is 1.08. The van der Waals surface area contributed by atoms with Crippen LogP contribution in [0.25, 0.3) is 10.9 Å². The molecule has 0 atom stereocenters. The second kappa shape index (κ2) is 4.21. The van der Waals surface area contributed by atoms with Crippen molar-refractivity contribution in [3.05, 3.63) is 34.9 Å². The average molecular weight is 234 g/mol. The zero-order chi connectivity index (χ0) is 6.97. The Morgan fingerprint density at radius 1 is 1.18 bits per heavy atom. The monoisotopic (exact) mass is 233 g/mol. The van der Waals surface area contributed by atoms with Crippen LogP contribution in [0.5, 0.6) is 0 Å². The van der Waals surface area contributed by atoms with Gasteiger partial charge in [-0.2, -0.15) is 6.20 Å². The number of aromatic nitrogens is 1. The first-order valence-corrected chi connectivity index (χ1v) is 3.82. The predicted molar refractivity (Wildman–Crippen MR) is 45.0 cm³/mol. The van der Waals surface area contributed by atoms with Gasteiger partial charge in [0, 0.05) is 4.47 Å². The summed E-state index contributed by atoms with van der Waals surface area (Å²) in [5, 5.41) is 1.20.